The van der Waals surface area contributed by atoms with E-state index in [1.54, 1.807) is 7.11 Å². The Morgan fingerprint density at radius 1 is 0.803 bits per heavy atom. The molecule has 2 aliphatic carbocycles. The molecule has 4 aromatic rings. The molecule has 66 heavy (non-hydrogen) atoms. The van der Waals surface area contributed by atoms with E-state index in [4.69, 9.17) is 4.74 Å². The van der Waals surface area contributed by atoms with Crippen LogP contribution in [0.25, 0.3) is 6.08 Å². The van der Waals surface area contributed by atoms with Gasteiger partial charge in [-0.1, -0.05) is 29.6 Å². The first-order valence-corrected chi connectivity index (χ1v) is 21.2. The molecule has 2 aromatic carbocycles. The van der Waals surface area contributed by atoms with Crippen molar-refractivity contribution in [2.45, 2.75) is 39.5 Å². The monoisotopic (exact) mass is 982 g/mol. The fourth-order valence-electron chi connectivity index (χ4n) is 6.45. The average molecular weight is 983 g/mol. The molecule has 0 spiro atoms. The van der Waals surface area contributed by atoms with E-state index in [0.29, 0.717) is 5.75 Å². The molecule has 1 aliphatic heterocycles. The topological polar surface area (TPSA) is 274 Å². The zero-order valence-electron chi connectivity index (χ0n) is 36.2. The molecule has 7 rings (SSSR count). The van der Waals surface area contributed by atoms with Crippen molar-refractivity contribution in [1.29, 1.82) is 0 Å². The summed E-state index contributed by atoms with van der Waals surface area (Å²) in [6.45, 7) is 10.6. The van der Waals surface area contributed by atoms with Gasteiger partial charge < -0.3 is 45.1 Å². The summed E-state index contributed by atoms with van der Waals surface area (Å²) in [5, 5.41) is 64.4. The number of aromatic hydroxyl groups is 1. The molecule has 1 unspecified atom stereocenters. The van der Waals surface area contributed by atoms with E-state index in [0.717, 1.165) is 83.7 Å². The van der Waals surface area contributed by atoms with Crippen molar-refractivity contribution in [1.82, 2.24) is 9.97 Å². The van der Waals surface area contributed by atoms with Crippen molar-refractivity contribution in [3.05, 3.63) is 144 Å². The van der Waals surface area contributed by atoms with Gasteiger partial charge in [-0.15, -0.1) is 0 Å². The SMILES string of the molecule is CCN(CC)c1ccc(/C=C/C2=[N+](C)c3ccc(OC)cc3C2(C)CC)c(O)c1.O=C1C=CC(=NN=c2[n-]cc([N+](=O)[O-])s2)C(O)=C1.O=C1C=CC(=NN=c2[n-]cc([N+](=O)[O-])s2)C(O)=C1.[Co]. The molecule has 1 radical (unpaired) electrons. The summed E-state index contributed by atoms with van der Waals surface area (Å²) in [6.07, 6.45) is 14.3. The first kappa shape index (κ1) is 51.3. The molecule has 3 N–H and O–H groups in total. The number of allylic oxidation sites excluding steroid dienone is 7. The molecule has 3 aliphatic rings. The number of fused-ring (bicyclic) bond motifs is 1. The minimum Gasteiger partial charge on any atom is -0.507 e. The number of phenols is 1. The number of aliphatic hydroxyl groups is 2. The Hall–Kier alpha value is -7.34. The average Bonchev–Trinajstić information content (AvgIpc) is 4.02. The molecule has 0 amide bonds. The molecule has 0 bridgehead atoms. The molecule has 1 atom stereocenters. The predicted molar refractivity (Wildman–Crippen MR) is 246 cm³/mol. The number of aliphatic hydroxyl groups excluding tert-OH is 2. The minimum absolute atomic E-state index is 0. The van der Waals surface area contributed by atoms with Gasteiger partial charge in [-0.3, -0.25) is 40.0 Å². The van der Waals surface area contributed by atoms with Crippen LogP contribution in [0.1, 0.15) is 45.2 Å². The summed E-state index contributed by atoms with van der Waals surface area (Å²) >= 11 is 1.51. The van der Waals surface area contributed by atoms with Crippen LogP contribution in [0.15, 0.2) is 123 Å². The fraction of sp³-hybridized carbons (Fsp3) is 0.233. The maximum absolute atomic E-state index is 10.9. The number of aromatic nitrogens is 2. The van der Waals surface area contributed by atoms with Crippen LogP contribution >= 0.6 is 22.7 Å². The zero-order chi connectivity index (χ0) is 47.4. The first-order chi connectivity index (χ1) is 31.0. The molecule has 0 fully saturated rings. The minimum atomic E-state index is -0.583. The van der Waals surface area contributed by atoms with Gasteiger partial charge in [0.15, 0.2) is 17.3 Å². The number of methoxy groups -OCH3 is 1. The molecule has 0 saturated heterocycles. The smallest absolute Gasteiger partial charge is 0.319 e. The molecule has 347 valence electrons. The van der Waals surface area contributed by atoms with Gasteiger partial charge in [-0.2, -0.15) is 4.58 Å². The Balaban J connectivity index is 0.000000225. The molecule has 23 heteroatoms. The number of hydrogen-bond donors (Lipinski definition) is 3. The van der Waals surface area contributed by atoms with Crippen LogP contribution in [0.5, 0.6) is 11.5 Å². The number of nitrogens with zero attached hydrogens (tertiary/aromatic N) is 10. The summed E-state index contributed by atoms with van der Waals surface area (Å²) < 4.78 is 7.70. The Labute approximate surface area is 395 Å². The van der Waals surface area contributed by atoms with Crippen molar-refractivity contribution in [2.75, 3.05) is 32.1 Å². The Bertz CT molecular complexity index is 2800. The summed E-state index contributed by atoms with van der Waals surface area (Å²) in [6, 6.07) is 12.2. The van der Waals surface area contributed by atoms with E-state index < -0.39 is 9.85 Å². The van der Waals surface area contributed by atoms with Crippen LogP contribution in [-0.2, 0) is 31.8 Å². The van der Waals surface area contributed by atoms with E-state index >= 15 is 0 Å². The van der Waals surface area contributed by atoms with E-state index in [9.17, 15) is 45.1 Å². The second kappa shape index (κ2) is 23.0. The maximum Gasteiger partial charge on any atom is 0.319 e. The molecule has 0 saturated carbocycles. The molecule has 20 nitrogen and oxygen atoms in total. The van der Waals surface area contributed by atoms with E-state index in [2.05, 4.69) is 98.9 Å². The van der Waals surface area contributed by atoms with Crippen LogP contribution in [0.4, 0.5) is 21.4 Å². The standard InChI is InChI=1S/C25H32N2O2.2C9H6N4O4S.Co/c1-7-25(4)21-17-20(29-6)13-14-22(21)26(5)24(25)15-11-18-10-12-19(16-23(18)28)27(8-2)9-3;2*14-5-1-2-6(7(15)3-5)11-12-9-10-4-8(18-9)13(16)17;/h10-17H,7-9H2,1-6H3;2*1-4H,(H2,10,12,14,15);/p-1. The van der Waals surface area contributed by atoms with Gasteiger partial charge >= 0.3 is 10.0 Å². The van der Waals surface area contributed by atoms with Gasteiger partial charge in [0.05, 0.1) is 22.4 Å². The number of ketones is 2. The normalized spacial score (nSPS) is 18.0. The van der Waals surface area contributed by atoms with Gasteiger partial charge in [0, 0.05) is 99.0 Å². The first-order valence-electron chi connectivity index (χ1n) is 19.6. The van der Waals surface area contributed by atoms with Gasteiger partial charge in [0.2, 0.25) is 5.69 Å². The molecular weight excluding hydrogens is 940 g/mol. The Morgan fingerprint density at radius 3 is 1.76 bits per heavy atom. The van der Waals surface area contributed by atoms with Crippen molar-refractivity contribution >= 4 is 78.8 Å². The number of carbonyl (C=O) groups is 2. The predicted octanol–water partition coefficient (Wildman–Crippen LogP) is 6.26. The van der Waals surface area contributed by atoms with Crippen molar-refractivity contribution in [3.8, 4) is 11.5 Å². The van der Waals surface area contributed by atoms with E-state index in [1.807, 2.05) is 24.3 Å². The van der Waals surface area contributed by atoms with Crippen LogP contribution in [0.3, 0.4) is 0 Å². The maximum atomic E-state index is 10.9. The second-order valence-corrected chi connectivity index (χ2v) is 15.9. The summed E-state index contributed by atoms with van der Waals surface area (Å²) in [5.74, 6) is -0.127. The third-order valence-corrected chi connectivity index (χ3v) is 11.7. The largest absolute Gasteiger partial charge is 0.507 e. The van der Waals surface area contributed by atoms with Crippen molar-refractivity contribution in [3.63, 3.8) is 0 Å². The molecule has 2 aromatic heterocycles. The quantitative estimate of drug-likeness (QED) is 0.0649. The number of carbonyl (C=O) groups excluding carboxylic acids is 2. The molecular formula is C43H43CoN10O10S2-. The van der Waals surface area contributed by atoms with Crippen molar-refractivity contribution < 1.29 is 60.8 Å². The van der Waals surface area contributed by atoms with Gasteiger partial charge in [0.1, 0.15) is 41.5 Å². The second-order valence-electron chi connectivity index (χ2n) is 13.9. The third kappa shape index (κ3) is 12.5. The third-order valence-electron chi connectivity index (χ3n) is 10.1. The van der Waals surface area contributed by atoms with Crippen LogP contribution in [-0.4, -0.2) is 85.7 Å². The number of ether oxygens (including phenoxy) is 1. The number of phenolic OH excluding ortho intramolecular Hbond substituents is 1. The zero-order valence-corrected chi connectivity index (χ0v) is 38.9. The Kier molecular flexibility index (Phi) is 17.9. The van der Waals surface area contributed by atoms with Crippen LogP contribution in [0.2, 0.25) is 0 Å². The number of rotatable bonds is 11. The van der Waals surface area contributed by atoms with E-state index in [-0.39, 0.29) is 76.3 Å². The molecule has 3 heterocycles. The van der Waals surface area contributed by atoms with Gasteiger partial charge in [-0.05, 0) is 81.8 Å². The summed E-state index contributed by atoms with van der Waals surface area (Å²) in [4.78, 5) is 51.2. The number of thiazole rings is 2. The van der Waals surface area contributed by atoms with Gasteiger partial charge in [-0.25, -0.2) is 0 Å². The summed E-state index contributed by atoms with van der Waals surface area (Å²) in [5.41, 5.74) is 5.65. The number of hydrogen-bond acceptors (Lipinski definition) is 17. The van der Waals surface area contributed by atoms with Crippen molar-refractivity contribution in [2.24, 2.45) is 20.4 Å². The number of nitro groups is 2. The Morgan fingerprint density at radius 2 is 1.33 bits per heavy atom. The summed E-state index contributed by atoms with van der Waals surface area (Å²) in [7, 11) is 3.81. The van der Waals surface area contributed by atoms with Gasteiger partial charge in [0.25, 0.3) is 0 Å². The fourth-order valence-corrected chi connectivity index (χ4v) is 7.56. The van der Waals surface area contributed by atoms with Crippen LogP contribution in [0, 0.1) is 20.2 Å². The number of benzene rings is 2. The van der Waals surface area contributed by atoms with Crippen LogP contribution < -0.4 is 29.2 Å². The number of anilines is 1. The van der Waals surface area contributed by atoms with E-state index in [1.165, 1.54) is 41.3 Å².